The molecule has 0 radical (unpaired) electrons. The van der Waals surface area contributed by atoms with Crippen LogP contribution in [0.15, 0.2) is 60.9 Å². The zero-order valence-electron chi connectivity index (χ0n) is 18.4. The molecule has 9 heteroatoms. The van der Waals surface area contributed by atoms with Gasteiger partial charge in [0, 0.05) is 38.3 Å². The predicted octanol–water partition coefficient (Wildman–Crippen LogP) is 4.29. The number of rotatable bonds is 4. The van der Waals surface area contributed by atoms with Crippen LogP contribution in [0.2, 0.25) is 0 Å². The Morgan fingerprint density at radius 2 is 1.74 bits per heavy atom. The summed E-state index contributed by atoms with van der Waals surface area (Å²) in [5, 5.41) is 10.9. The van der Waals surface area contributed by atoms with Gasteiger partial charge in [0.05, 0.1) is 11.7 Å². The van der Waals surface area contributed by atoms with Crippen LogP contribution in [-0.2, 0) is 19.1 Å². The molecule has 1 N–H and O–H groups in total. The predicted molar refractivity (Wildman–Crippen MR) is 121 cm³/mol. The fraction of sp³-hybridized carbons (Fsp3) is 0.360. The summed E-state index contributed by atoms with van der Waals surface area (Å²) in [7, 11) is 0. The van der Waals surface area contributed by atoms with Gasteiger partial charge in [-0.2, -0.15) is 13.2 Å². The number of aliphatic hydroxyl groups excluding tert-OH is 1. The molecule has 1 fully saturated rings. The standard InChI is InChI=1S/C25H25F3N4O2/c26-25(27,28)19-7-3-4-8-22(19)34-24-13-23(29-16-30-24)32-12-10-20(21(33)15-32)31-11-9-17-5-1-2-6-18(17)14-31/h1-8,13,16,20-21,33H,9-12,14-15H2/t20-,21-/m1/s1. The fourth-order valence-electron chi connectivity index (χ4n) is 4.82. The van der Waals surface area contributed by atoms with E-state index in [0.29, 0.717) is 18.9 Å². The average molecular weight is 470 g/mol. The molecule has 3 heterocycles. The summed E-state index contributed by atoms with van der Waals surface area (Å²) in [4.78, 5) is 12.5. The lowest BCUT2D eigenvalue weighted by molar-refractivity contribution is -0.138. The second-order valence-corrected chi connectivity index (χ2v) is 8.67. The quantitative estimate of drug-likeness (QED) is 0.614. The van der Waals surface area contributed by atoms with Crippen LogP contribution in [0, 0.1) is 0 Å². The van der Waals surface area contributed by atoms with Gasteiger partial charge in [-0.15, -0.1) is 0 Å². The van der Waals surface area contributed by atoms with Crippen LogP contribution < -0.4 is 9.64 Å². The minimum atomic E-state index is -4.53. The van der Waals surface area contributed by atoms with Crippen LogP contribution in [0.4, 0.5) is 19.0 Å². The molecule has 1 aromatic heterocycles. The summed E-state index contributed by atoms with van der Waals surface area (Å²) in [6.07, 6.45) is -2.13. The van der Waals surface area contributed by atoms with E-state index >= 15 is 0 Å². The summed E-state index contributed by atoms with van der Waals surface area (Å²) in [6.45, 7) is 2.76. The highest BCUT2D eigenvalue weighted by Gasteiger charge is 2.35. The van der Waals surface area contributed by atoms with E-state index in [1.54, 1.807) is 0 Å². The minimum absolute atomic E-state index is 0.0194. The SMILES string of the molecule is O[C@@H]1CN(c2cc(Oc3ccccc3C(F)(F)F)ncn2)CC[C@H]1N1CCc2ccccc2C1. The minimum Gasteiger partial charge on any atom is -0.438 e. The van der Waals surface area contributed by atoms with E-state index in [4.69, 9.17) is 4.74 Å². The van der Waals surface area contributed by atoms with Crippen molar-refractivity contribution < 1.29 is 23.0 Å². The third kappa shape index (κ3) is 4.71. The number of anilines is 1. The molecular weight excluding hydrogens is 445 g/mol. The summed E-state index contributed by atoms with van der Waals surface area (Å²) >= 11 is 0. The molecule has 2 aliphatic heterocycles. The first-order valence-corrected chi connectivity index (χ1v) is 11.3. The van der Waals surface area contributed by atoms with E-state index in [0.717, 1.165) is 32.0 Å². The number of aromatic nitrogens is 2. The van der Waals surface area contributed by atoms with Crippen molar-refractivity contribution in [2.75, 3.05) is 24.5 Å². The molecule has 2 atom stereocenters. The molecule has 6 nitrogen and oxygen atoms in total. The second-order valence-electron chi connectivity index (χ2n) is 8.67. The number of fused-ring (bicyclic) bond motifs is 1. The Labute approximate surface area is 195 Å². The van der Waals surface area contributed by atoms with Crippen molar-refractivity contribution in [1.82, 2.24) is 14.9 Å². The Morgan fingerprint density at radius 3 is 2.53 bits per heavy atom. The van der Waals surface area contributed by atoms with Gasteiger partial charge in [0.1, 0.15) is 17.9 Å². The lowest BCUT2D eigenvalue weighted by Crippen LogP contribution is -2.55. The lowest BCUT2D eigenvalue weighted by Gasteiger charge is -2.43. The molecule has 0 saturated carbocycles. The molecule has 1 saturated heterocycles. The van der Waals surface area contributed by atoms with Crippen LogP contribution in [0.1, 0.15) is 23.1 Å². The van der Waals surface area contributed by atoms with E-state index in [-0.39, 0.29) is 17.7 Å². The highest BCUT2D eigenvalue weighted by Crippen LogP contribution is 2.38. The first kappa shape index (κ1) is 22.6. The van der Waals surface area contributed by atoms with Gasteiger partial charge in [0.25, 0.3) is 0 Å². The van der Waals surface area contributed by atoms with E-state index < -0.39 is 17.8 Å². The van der Waals surface area contributed by atoms with Crippen LogP contribution in [0.3, 0.4) is 0 Å². The molecule has 34 heavy (non-hydrogen) atoms. The van der Waals surface area contributed by atoms with E-state index in [2.05, 4.69) is 33.1 Å². The maximum Gasteiger partial charge on any atom is 0.419 e. The molecule has 0 amide bonds. The Kier molecular flexibility index (Phi) is 6.14. The fourth-order valence-corrected chi connectivity index (χ4v) is 4.82. The summed E-state index contributed by atoms with van der Waals surface area (Å²) < 4.78 is 45.3. The van der Waals surface area contributed by atoms with Crippen molar-refractivity contribution in [2.45, 2.75) is 37.7 Å². The summed E-state index contributed by atoms with van der Waals surface area (Å²) in [5.74, 6) is 0.214. The Bertz CT molecular complexity index is 1160. The van der Waals surface area contributed by atoms with Gasteiger partial charge < -0.3 is 14.7 Å². The number of β-amino-alcohol motifs (C(OH)–C–C–N with tert-alkyl or cyclic N) is 1. The number of aliphatic hydroxyl groups is 1. The van der Waals surface area contributed by atoms with E-state index in [9.17, 15) is 18.3 Å². The topological polar surface area (TPSA) is 61.7 Å². The van der Waals surface area contributed by atoms with E-state index in [1.165, 1.54) is 41.7 Å². The van der Waals surface area contributed by atoms with Gasteiger partial charge in [0.2, 0.25) is 5.88 Å². The molecule has 3 aromatic rings. The van der Waals surface area contributed by atoms with Gasteiger partial charge in [-0.05, 0) is 36.1 Å². The number of halogens is 3. The first-order chi connectivity index (χ1) is 16.4. The number of hydrogen-bond acceptors (Lipinski definition) is 6. The molecule has 2 aromatic carbocycles. The number of hydrogen-bond donors (Lipinski definition) is 1. The Hall–Kier alpha value is -3.17. The number of ether oxygens (including phenoxy) is 1. The van der Waals surface area contributed by atoms with Crippen LogP contribution in [0.5, 0.6) is 11.6 Å². The molecule has 178 valence electrons. The van der Waals surface area contributed by atoms with Gasteiger partial charge in [0.15, 0.2) is 0 Å². The number of benzene rings is 2. The molecule has 2 aliphatic rings. The number of para-hydroxylation sites is 1. The number of alkyl halides is 3. The van der Waals surface area contributed by atoms with Gasteiger partial charge in [-0.1, -0.05) is 36.4 Å². The van der Waals surface area contributed by atoms with E-state index in [1.807, 2.05) is 11.0 Å². The molecular formula is C25H25F3N4O2. The van der Waals surface area contributed by atoms with Crippen LogP contribution in [-0.4, -0.2) is 51.8 Å². The summed E-state index contributed by atoms with van der Waals surface area (Å²) in [6, 6.07) is 15.0. The monoisotopic (exact) mass is 470 g/mol. The van der Waals surface area contributed by atoms with Crippen molar-refractivity contribution in [3.8, 4) is 11.6 Å². The van der Waals surface area contributed by atoms with Gasteiger partial charge in [-0.25, -0.2) is 9.97 Å². The largest absolute Gasteiger partial charge is 0.438 e. The van der Waals surface area contributed by atoms with Crippen LogP contribution >= 0.6 is 0 Å². The van der Waals surface area contributed by atoms with Crippen molar-refractivity contribution in [1.29, 1.82) is 0 Å². The molecule has 5 rings (SSSR count). The zero-order valence-corrected chi connectivity index (χ0v) is 18.4. The third-order valence-electron chi connectivity index (χ3n) is 6.53. The smallest absolute Gasteiger partial charge is 0.419 e. The van der Waals surface area contributed by atoms with Crippen molar-refractivity contribution in [3.05, 3.63) is 77.6 Å². The highest BCUT2D eigenvalue weighted by atomic mass is 19.4. The Morgan fingerprint density at radius 1 is 0.971 bits per heavy atom. The second kappa shape index (κ2) is 9.23. The molecule has 0 spiro atoms. The van der Waals surface area contributed by atoms with Crippen molar-refractivity contribution in [3.63, 3.8) is 0 Å². The van der Waals surface area contributed by atoms with Crippen LogP contribution in [0.25, 0.3) is 0 Å². The van der Waals surface area contributed by atoms with Crippen molar-refractivity contribution >= 4 is 5.82 Å². The normalized spacial score (nSPS) is 21.2. The number of nitrogens with zero attached hydrogens (tertiary/aromatic N) is 4. The maximum absolute atomic E-state index is 13.3. The lowest BCUT2D eigenvalue weighted by atomic mass is 9.94. The maximum atomic E-state index is 13.3. The third-order valence-corrected chi connectivity index (χ3v) is 6.53. The summed E-state index contributed by atoms with van der Waals surface area (Å²) in [5.41, 5.74) is 1.81. The molecule has 0 bridgehead atoms. The highest BCUT2D eigenvalue weighted by molar-refractivity contribution is 5.44. The van der Waals surface area contributed by atoms with Gasteiger partial charge >= 0.3 is 6.18 Å². The molecule has 0 unspecified atom stereocenters. The zero-order chi connectivity index (χ0) is 23.7. The number of piperidine rings is 1. The Balaban J connectivity index is 1.27. The van der Waals surface area contributed by atoms with Crippen molar-refractivity contribution in [2.24, 2.45) is 0 Å². The first-order valence-electron chi connectivity index (χ1n) is 11.3. The average Bonchev–Trinajstić information content (AvgIpc) is 2.83. The van der Waals surface area contributed by atoms with Gasteiger partial charge in [-0.3, -0.25) is 4.90 Å². The molecule has 0 aliphatic carbocycles.